The molecule has 1 N–H and O–H groups in total. The van der Waals surface area contributed by atoms with Gasteiger partial charge in [-0.25, -0.2) is 0 Å². The van der Waals surface area contributed by atoms with E-state index in [9.17, 15) is 5.11 Å². The van der Waals surface area contributed by atoms with Crippen LogP contribution in [-0.4, -0.2) is 29.1 Å². The Labute approximate surface area is 112 Å². The number of ether oxygens (including phenoxy) is 2. The van der Waals surface area contributed by atoms with Crippen molar-refractivity contribution in [1.82, 2.24) is 4.98 Å². The smallest absolute Gasteiger partial charge is 0.174 e. The number of hydrogen-bond acceptors (Lipinski definition) is 4. The van der Waals surface area contributed by atoms with Crippen LogP contribution < -0.4 is 0 Å². The molecule has 2 heterocycles. The fourth-order valence-electron chi connectivity index (χ4n) is 4.29. The lowest BCUT2D eigenvalue weighted by Crippen LogP contribution is -2.51. The van der Waals surface area contributed by atoms with Gasteiger partial charge in [-0.3, -0.25) is 4.98 Å². The molecule has 1 aromatic heterocycles. The number of nitrogens with zero attached hydrogens (tertiary/aromatic N) is 1. The van der Waals surface area contributed by atoms with Gasteiger partial charge in [0.25, 0.3) is 0 Å². The molecule has 2 bridgehead atoms. The highest BCUT2D eigenvalue weighted by Crippen LogP contribution is 2.58. The average molecular weight is 261 g/mol. The van der Waals surface area contributed by atoms with Crippen molar-refractivity contribution in [3.05, 3.63) is 30.1 Å². The van der Waals surface area contributed by atoms with Gasteiger partial charge in [0.05, 0.1) is 18.9 Å². The molecule has 4 nitrogen and oxygen atoms in total. The summed E-state index contributed by atoms with van der Waals surface area (Å²) in [6.07, 6.45) is 5.31. The van der Waals surface area contributed by atoms with Gasteiger partial charge in [0.15, 0.2) is 5.79 Å². The Bertz CT molecular complexity index is 454. The summed E-state index contributed by atoms with van der Waals surface area (Å²) in [4.78, 5) is 4.35. The van der Waals surface area contributed by atoms with E-state index in [1.54, 1.807) is 6.20 Å². The molecular weight excluding hydrogens is 242 g/mol. The van der Waals surface area contributed by atoms with E-state index >= 15 is 0 Å². The minimum absolute atomic E-state index is 0.292. The van der Waals surface area contributed by atoms with Crippen LogP contribution in [0.4, 0.5) is 0 Å². The van der Waals surface area contributed by atoms with E-state index in [-0.39, 0.29) is 0 Å². The van der Waals surface area contributed by atoms with Gasteiger partial charge in [-0.05, 0) is 37.8 Å². The van der Waals surface area contributed by atoms with Crippen LogP contribution in [-0.2, 0) is 15.1 Å². The van der Waals surface area contributed by atoms with Crippen molar-refractivity contribution in [2.75, 3.05) is 13.2 Å². The summed E-state index contributed by atoms with van der Waals surface area (Å²) in [6.45, 7) is 1.38. The van der Waals surface area contributed by atoms with Gasteiger partial charge < -0.3 is 14.6 Å². The summed E-state index contributed by atoms with van der Waals surface area (Å²) >= 11 is 0. The first-order chi connectivity index (χ1) is 9.23. The molecule has 19 heavy (non-hydrogen) atoms. The summed E-state index contributed by atoms with van der Waals surface area (Å²) in [5.41, 5.74) is -0.0204. The maximum Gasteiger partial charge on any atom is 0.174 e. The molecule has 3 fully saturated rings. The molecule has 1 saturated heterocycles. The number of aliphatic hydroxyl groups is 1. The first kappa shape index (κ1) is 11.8. The Kier molecular flexibility index (Phi) is 2.50. The standard InChI is InChI=1S/C15H19NO3/c17-14(13-3-1-2-6-16-13)9-11-4-5-12(10-14)15(11)18-7-8-19-15/h1-3,6,11-12,17H,4-5,7-10H2. The fourth-order valence-corrected chi connectivity index (χ4v) is 4.29. The van der Waals surface area contributed by atoms with Gasteiger partial charge in [-0.15, -0.1) is 0 Å². The Morgan fingerprint density at radius 3 is 2.37 bits per heavy atom. The van der Waals surface area contributed by atoms with E-state index in [0.29, 0.717) is 37.9 Å². The monoisotopic (exact) mass is 261 g/mol. The summed E-state index contributed by atoms with van der Waals surface area (Å²) in [6, 6.07) is 5.75. The molecule has 3 aliphatic rings. The first-order valence-electron chi connectivity index (χ1n) is 7.15. The second kappa shape index (κ2) is 4.01. The molecule has 0 aromatic carbocycles. The van der Waals surface area contributed by atoms with E-state index in [1.807, 2.05) is 18.2 Å². The molecule has 1 aliphatic heterocycles. The topological polar surface area (TPSA) is 51.6 Å². The third kappa shape index (κ3) is 1.60. The van der Waals surface area contributed by atoms with Crippen LogP contribution in [0.3, 0.4) is 0 Å². The molecule has 4 heteroatoms. The predicted octanol–water partition coefficient (Wildman–Crippen LogP) is 1.83. The Hall–Kier alpha value is -0.970. The number of rotatable bonds is 1. The van der Waals surface area contributed by atoms with Crippen LogP contribution in [0.25, 0.3) is 0 Å². The van der Waals surface area contributed by atoms with Crippen LogP contribution in [0.5, 0.6) is 0 Å². The summed E-state index contributed by atoms with van der Waals surface area (Å²) < 4.78 is 11.9. The van der Waals surface area contributed by atoms with Gasteiger partial charge in [-0.1, -0.05) is 6.07 Å². The molecule has 1 spiro atoms. The number of aromatic nitrogens is 1. The highest BCUT2D eigenvalue weighted by Gasteiger charge is 2.62. The first-order valence-corrected chi connectivity index (χ1v) is 7.15. The number of hydrogen-bond donors (Lipinski definition) is 1. The fraction of sp³-hybridized carbons (Fsp3) is 0.667. The van der Waals surface area contributed by atoms with Crippen molar-refractivity contribution < 1.29 is 14.6 Å². The van der Waals surface area contributed by atoms with E-state index in [1.165, 1.54) is 0 Å². The Balaban J connectivity index is 1.67. The van der Waals surface area contributed by atoms with Gasteiger partial charge in [0.2, 0.25) is 0 Å². The lowest BCUT2D eigenvalue weighted by molar-refractivity contribution is -0.250. The quantitative estimate of drug-likeness (QED) is 0.838. The number of pyridine rings is 1. The van der Waals surface area contributed by atoms with Crippen molar-refractivity contribution in [3.63, 3.8) is 0 Å². The Morgan fingerprint density at radius 2 is 1.79 bits per heavy atom. The maximum atomic E-state index is 11.0. The molecule has 4 rings (SSSR count). The Morgan fingerprint density at radius 1 is 1.11 bits per heavy atom. The minimum atomic E-state index is -0.812. The van der Waals surface area contributed by atoms with Gasteiger partial charge in [0.1, 0.15) is 5.60 Å². The molecule has 0 amide bonds. The van der Waals surface area contributed by atoms with E-state index < -0.39 is 11.4 Å². The van der Waals surface area contributed by atoms with Crippen LogP contribution >= 0.6 is 0 Å². The molecule has 2 atom stereocenters. The summed E-state index contributed by atoms with van der Waals surface area (Å²) in [5.74, 6) is 0.183. The largest absolute Gasteiger partial charge is 0.384 e. The van der Waals surface area contributed by atoms with Gasteiger partial charge in [0, 0.05) is 18.0 Å². The van der Waals surface area contributed by atoms with Crippen molar-refractivity contribution in [1.29, 1.82) is 0 Å². The van der Waals surface area contributed by atoms with Crippen LogP contribution in [0, 0.1) is 11.8 Å². The highest BCUT2D eigenvalue weighted by molar-refractivity contribution is 5.18. The van der Waals surface area contributed by atoms with Crippen molar-refractivity contribution in [2.45, 2.75) is 37.1 Å². The molecular formula is C15H19NO3. The van der Waals surface area contributed by atoms with Crippen LogP contribution in [0.2, 0.25) is 0 Å². The molecule has 2 saturated carbocycles. The van der Waals surface area contributed by atoms with E-state index in [4.69, 9.17) is 9.47 Å². The van der Waals surface area contributed by atoms with Gasteiger partial charge >= 0.3 is 0 Å². The van der Waals surface area contributed by atoms with Crippen LogP contribution in [0.15, 0.2) is 24.4 Å². The van der Waals surface area contributed by atoms with Crippen LogP contribution in [0.1, 0.15) is 31.4 Å². The molecule has 1 aromatic rings. The molecule has 2 unspecified atom stereocenters. The highest BCUT2D eigenvalue weighted by atomic mass is 16.7. The molecule has 2 aliphatic carbocycles. The maximum absolute atomic E-state index is 11.0. The lowest BCUT2D eigenvalue weighted by Gasteiger charge is -2.45. The SMILES string of the molecule is OC1(c2ccccn2)CC2CCC(C1)C21OCCO1. The lowest BCUT2D eigenvalue weighted by atomic mass is 9.72. The van der Waals surface area contributed by atoms with Gasteiger partial charge in [-0.2, -0.15) is 0 Å². The molecule has 102 valence electrons. The summed E-state index contributed by atoms with van der Waals surface area (Å²) in [7, 11) is 0. The predicted molar refractivity (Wildman–Crippen MR) is 68.2 cm³/mol. The minimum Gasteiger partial charge on any atom is -0.384 e. The average Bonchev–Trinajstić information content (AvgIpc) is 2.98. The third-order valence-corrected chi connectivity index (χ3v) is 5.05. The normalized spacial score (nSPS) is 39.8. The van der Waals surface area contributed by atoms with E-state index in [0.717, 1.165) is 18.5 Å². The van der Waals surface area contributed by atoms with Crippen molar-refractivity contribution >= 4 is 0 Å². The third-order valence-electron chi connectivity index (χ3n) is 5.05. The zero-order valence-electron chi connectivity index (χ0n) is 10.9. The second-order valence-corrected chi connectivity index (χ2v) is 6.04. The zero-order valence-corrected chi connectivity index (χ0v) is 10.9. The molecule has 0 radical (unpaired) electrons. The zero-order chi connectivity index (χ0) is 12.9. The van der Waals surface area contributed by atoms with Crippen molar-refractivity contribution in [2.24, 2.45) is 11.8 Å². The van der Waals surface area contributed by atoms with E-state index in [2.05, 4.69) is 4.98 Å². The second-order valence-electron chi connectivity index (χ2n) is 6.04. The van der Waals surface area contributed by atoms with Crippen molar-refractivity contribution in [3.8, 4) is 0 Å². The summed E-state index contributed by atoms with van der Waals surface area (Å²) in [5, 5.41) is 11.0.